The molecule has 2 heterocycles. The number of carboxylic acids is 2. The molecule has 2 unspecified atom stereocenters. The first kappa shape index (κ1) is 27.2. The summed E-state index contributed by atoms with van der Waals surface area (Å²) in [6.07, 6.45) is 3.57. The third-order valence-corrected chi connectivity index (χ3v) is 9.04. The van der Waals surface area contributed by atoms with Gasteiger partial charge in [0.2, 0.25) is 0 Å². The van der Waals surface area contributed by atoms with E-state index in [0.29, 0.717) is 11.3 Å². The predicted molar refractivity (Wildman–Crippen MR) is 153 cm³/mol. The molecule has 2 aromatic carbocycles. The first-order valence-electron chi connectivity index (χ1n) is 12.0. The smallest absolute Gasteiger partial charge is 0.323 e. The number of aliphatic carboxylic acids is 2. The monoisotopic (exact) mass is 556 g/mol. The minimum atomic E-state index is -1.10. The molecule has 4 rings (SSSR count). The van der Waals surface area contributed by atoms with Gasteiger partial charge in [-0.3, -0.25) is 19.3 Å². The Balaban J connectivity index is 1.48. The number of unbranched alkanes of at least 4 members (excludes halogenated alkanes) is 1. The van der Waals surface area contributed by atoms with Gasteiger partial charge in [-0.25, -0.2) is 0 Å². The highest BCUT2D eigenvalue weighted by Gasteiger charge is 2.35. The molecule has 0 saturated carbocycles. The zero-order chi connectivity index (χ0) is 26.7. The van der Waals surface area contributed by atoms with Crippen LogP contribution in [0.5, 0.6) is 0 Å². The summed E-state index contributed by atoms with van der Waals surface area (Å²) in [5.74, 6) is -1.05. The average molecular weight is 557 g/mol. The molecule has 1 saturated heterocycles. The highest BCUT2D eigenvalue weighted by Crippen LogP contribution is 2.46. The summed E-state index contributed by atoms with van der Waals surface area (Å²) >= 11 is 8.07. The lowest BCUT2D eigenvalue weighted by Gasteiger charge is -2.26. The van der Waals surface area contributed by atoms with E-state index in [2.05, 4.69) is 55.1 Å². The van der Waals surface area contributed by atoms with E-state index < -0.39 is 18.5 Å². The zero-order valence-electron chi connectivity index (χ0n) is 20.5. The number of hydrogen-bond acceptors (Lipinski definition) is 7. The van der Waals surface area contributed by atoms with Crippen LogP contribution in [0.1, 0.15) is 50.2 Å². The molecule has 1 fully saturated rings. The minimum absolute atomic E-state index is 0.217. The largest absolute Gasteiger partial charge is 0.481 e. The van der Waals surface area contributed by atoms with Gasteiger partial charge in [0.25, 0.3) is 5.91 Å². The fraction of sp³-hybridized carbons (Fsp3) is 0.333. The Morgan fingerprint density at radius 2 is 1.81 bits per heavy atom. The van der Waals surface area contributed by atoms with Crippen LogP contribution >= 0.6 is 35.7 Å². The number of thiocarbonyl (C=S) groups is 1. The molecule has 0 aliphatic carbocycles. The molecule has 0 bridgehead atoms. The fourth-order valence-corrected chi connectivity index (χ4v) is 6.69. The van der Waals surface area contributed by atoms with Gasteiger partial charge in [0.15, 0.2) is 0 Å². The Kier molecular flexibility index (Phi) is 8.61. The molecule has 2 N–H and O–H groups in total. The first-order chi connectivity index (χ1) is 17.7. The maximum absolute atomic E-state index is 12.6. The van der Waals surface area contributed by atoms with E-state index in [9.17, 15) is 14.4 Å². The van der Waals surface area contributed by atoms with Gasteiger partial charge in [0.1, 0.15) is 10.9 Å². The Hall–Kier alpha value is -2.82. The molecule has 2 aromatic rings. The molecule has 37 heavy (non-hydrogen) atoms. The normalized spacial score (nSPS) is 20.1. The Bertz CT molecular complexity index is 1260. The summed E-state index contributed by atoms with van der Waals surface area (Å²) in [5, 5.41) is 17.8. The number of anilines is 2. The molecule has 2 aliphatic heterocycles. The summed E-state index contributed by atoms with van der Waals surface area (Å²) < 4.78 is 0.259. The number of benzene rings is 2. The average Bonchev–Trinajstić information content (AvgIpc) is 3.25. The van der Waals surface area contributed by atoms with Crippen LogP contribution in [0.2, 0.25) is 0 Å². The fourth-order valence-electron chi connectivity index (χ4n) is 4.52. The number of carboxylic acid groups (broad SMARTS) is 2. The highest BCUT2D eigenvalue weighted by atomic mass is 32.2. The summed E-state index contributed by atoms with van der Waals surface area (Å²) in [7, 11) is 0. The van der Waals surface area contributed by atoms with Crippen LogP contribution in [0.4, 0.5) is 11.4 Å². The van der Waals surface area contributed by atoms with Gasteiger partial charge in [-0.1, -0.05) is 37.0 Å². The summed E-state index contributed by atoms with van der Waals surface area (Å²) in [6.45, 7) is 3.96. The van der Waals surface area contributed by atoms with Crippen molar-refractivity contribution in [1.82, 2.24) is 4.90 Å². The molecule has 194 valence electrons. The second-order valence-corrected chi connectivity index (χ2v) is 11.9. The third-order valence-electron chi connectivity index (χ3n) is 6.57. The van der Waals surface area contributed by atoms with Gasteiger partial charge in [-0.15, -0.1) is 11.8 Å². The van der Waals surface area contributed by atoms with E-state index >= 15 is 0 Å². The predicted octanol–water partition coefficient (Wildman–Crippen LogP) is 5.96. The summed E-state index contributed by atoms with van der Waals surface area (Å²) in [4.78, 5) is 39.4. The third kappa shape index (κ3) is 6.19. The van der Waals surface area contributed by atoms with Gasteiger partial charge in [0.05, 0.1) is 4.91 Å². The summed E-state index contributed by atoms with van der Waals surface area (Å²) in [5.41, 5.74) is 4.31. The molecule has 0 spiro atoms. The van der Waals surface area contributed by atoms with Gasteiger partial charge in [-0.05, 0) is 79.1 Å². The van der Waals surface area contributed by atoms with E-state index in [1.165, 1.54) is 5.56 Å². The molecule has 10 heteroatoms. The second kappa shape index (κ2) is 11.7. The maximum atomic E-state index is 12.6. The molecule has 7 nitrogen and oxygen atoms in total. The number of carbonyl (C=O) groups is 3. The van der Waals surface area contributed by atoms with E-state index in [1.807, 2.05) is 6.07 Å². The van der Waals surface area contributed by atoms with Crippen LogP contribution in [0.15, 0.2) is 52.3 Å². The number of carbonyl (C=O) groups excluding carboxylic acids is 1. The molecule has 1 amide bonds. The maximum Gasteiger partial charge on any atom is 0.323 e. The lowest BCUT2D eigenvalue weighted by molar-refractivity contribution is -0.140. The Labute approximate surface area is 229 Å². The van der Waals surface area contributed by atoms with E-state index in [-0.39, 0.29) is 28.6 Å². The molecule has 0 radical (unpaired) electrons. The van der Waals surface area contributed by atoms with Crippen LogP contribution in [0.3, 0.4) is 0 Å². The lowest BCUT2D eigenvalue weighted by Crippen LogP contribution is -2.33. The van der Waals surface area contributed by atoms with Crippen molar-refractivity contribution in [1.29, 1.82) is 0 Å². The standard InChI is InChI=1S/C27H28N2O5S3/c1-16-17(2)29(19-7-9-20(10-8-19)36-12-4-3-5-24(30)31)22-11-6-18(13-21(16)22)14-23-26(34)28(15-25(32)33)27(35)37-23/h6-11,13-14,16-17H,3-5,12,15H2,1-2H3,(H,30,31)(H,32,33)/b23-14-. The number of nitrogens with zero attached hydrogens (tertiary/aromatic N) is 2. The first-order valence-corrected chi connectivity index (χ1v) is 14.2. The van der Waals surface area contributed by atoms with Crippen molar-refractivity contribution in [3.8, 4) is 0 Å². The zero-order valence-corrected chi connectivity index (χ0v) is 23.0. The van der Waals surface area contributed by atoms with Gasteiger partial charge in [0, 0.05) is 34.7 Å². The Morgan fingerprint density at radius 1 is 1.08 bits per heavy atom. The number of amides is 1. The van der Waals surface area contributed by atoms with Gasteiger partial charge in [-0.2, -0.15) is 0 Å². The van der Waals surface area contributed by atoms with Crippen LogP contribution < -0.4 is 4.90 Å². The lowest BCUT2D eigenvalue weighted by atomic mass is 9.96. The van der Waals surface area contributed by atoms with E-state index in [0.717, 1.165) is 50.7 Å². The molecular formula is C27H28N2O5S3. The number of hydrogen-bond donors (Lipinski definition) is 2. The summed E-state index contributed by atoms with van der Waals surface area (Å²) in [6, 6.07) is 14.9. The van der Waals surface area contributed by atoms with Crippen LogP contribution in [-0.2, 0) is 14.4 Å². The van der Waals surface area contributed by atoms with Crippen LogP contribution in [-0.4, -0.2) is 55.6 Å². The van der Waals surface area contributed by atoms with E-state index in [4.69, 9.17) is 22.4 Å². The van der Waals surface area contributed by atoms with Crippen LogP contribution in [0.25, 0.3) is 6.08 Å². The molecule has 2 aliphatic rings. The highest BCUT2D eigenvalue weighted by molar-refractivity contribution is 8.26. The van der Waals surface area contributed by atoms with Gasteiger partial charge >= 0.3 is 11.9 Å². The molecule has 0 aromatic heterocycles. The SMILES string of the molecule is CC1c2cc(/C=C3\SC(=S)N(CC(=O)O)C3=O)ccc2N(c2ccc(SCCCCC(=O)O)cc2)C1C. The van der Waals surface area contributed by atoms with Crippen molar-refractivity contribution < 1.29 is 24.6 Å². The number of fused-ring (bicyclic) bond motifs is 1. The van der Waals surface area contributed by atoms with Gasteiger partial charge < -0.3 is 15.1 Å². The van der Waals surface area contributed by atoms with Crippen molar-refractivity contribution in [2.24, 2.45) is 0 Å². The minimum Gasteiger partial charge on any atom is -0.481 e. The topological polar surface area (TPSA) is 98.2 Å². The second-order valence-electron chi connectivity index (χ2n) is 9.07. The number of thioether (sulfide) groups is 2. The van der Waals surface area contributed by atoms with Crippen LogP contribution in [0, 0.1) is 0 Å². The van der Waals surface area contributed by atoms with Crippen molar-refractivity contribution in [2.75, 3.05) is 17.2 Å². The van der Waals surface area contributed by atoms with Crippen molar-refractivity contribution in [3.05, 3.63) is 58.5 Å². The van der Waals surface area contributed by atoms with Crippen molar-refractivity contribution in [2.45, 2.75) is 50.0 Å². The quantitative estimate of drug-likeness (QED) is 0.159. The van der Waals surface area contributed by atoms with Crippen molar-refractivity contribution in [3.63, 3.8) is 0 Å². The van der Waals surface area contributed by atoms with Crippen molar-refractivity contribution >= 4 is 75.4 Å². The number of rotatable bonds is 10. The molecular weight excluding hydrogens is 529 g/mol. The Morgan fingerprint density at radius 3 is 2.49 bits per heavy atom. The molecule has 2 atom stereocenters. The van der Waals surface area contributed by atoms with E-state index in [1.54, 1.807) is 17.8 Å².